The molecule has 1 aromatic carbocycles. The molecule has 0 spiro atoms. The lowest BCUT2D eigenvalue weighted by Crippen LogP contribution is -2.19. The lowest BCUT2D eigenvalue weighted by molar-refractivity contribution is -0.389. The van der Waals surface area contributed by atoms with Crippen molar-refractivity contribution in [2.75, 3.05) is 6.61 Å². The van der Waals surface area contributed by atoms with E-state index in [9.17, 15) is 28.6 Å². The van der Waals surface area contributed by atoms with Gasteiger partial charge < -0.3 is 14.9 Å². The molecule has 0 aliphatic carbocycles. The molecule has 1 atom stereocenters. The molecule has 11 nitrogen and oxygen atoms in total. The highest BCUT2D eigenvalue weighted by Gasteiger charge is 2.43. The summed E-state index contributed by atoms with van der Waals surface area (Å²) in [6.45, 7) is 2.21. The van der Waals surface area contributed by atoms with Crippen LogP contribution in [0.15, 0.2) is 40.5 Å². The van der Waals surface area contributed by atoms with E-state index in [-0.39, 0.29) is 17.1 Å². The lowest BCUT2D eigenvalue weighted by atomic mass is 10.2. The zero-order chi connectivity index (χ0) is 18.4. The highest BCUT2D eigenvalue weighted by molar-refractivity contribution is 7.91. The van der Waals surface area contributed by atoms with E-state index in [0.29, 0.717) is 6.61 Å². The Hall–Kier alpha value is -2.86. The van der Waals surface area contributed by atoms with E-state index in [1.807, 2.05) is 0 Å². The molecule has 12 heteroatoms. The summed E-state index contributed by atoms with van der Waals surface area (Å²) in [6, 6.07) is 4.21. The van der Waals surface area contributed by atoms with Gasteiger partial charge in [-0.15, -0.1) is 0 Å². The highest BCUT2D eigenvalue weighted by atomic mass is 32.2. The zero-order valence-electron chi connectivity index (χ0n) is 12.9. The lowest BCUT2D eigenvalue weighted by Gasteiger charge is -2.08. The quantitative estimate of drug-likeness (QED) is 0.420. The average Bonchev–Trinajstić information content (AvgIpc) is 3.10. The third kappa shape index (κ3) is 3.21. The Balaban J connectivity index is 2.06. The topological polar surface area (TPSA) is 151 Å². The number of non-ortho nitro benzene ring substituents is 1. The molecular weight excluding hydrogens is 356 g/mol. The highest BCUT2D eigenvalue weighted by Crippen LogP contribution is 2.31. The van der Waals surface area contributed by atoms with Gasteiger partial charge in [-0.1, -0.05) is 0 Å². The number of hydrogen-bond acceptors (Lipinski definition) is 8. The molecule has 0 saturated carbocycles. The molecule has 2 heterocycles. The molecule has 0 bridgehead atoms. The number of nitro groups is 2. The van der Waals surface area contributed by atoms with Crippen LogP contribution in [-0.4, -0.2) is 40.0 Å². The molecule has 1 fully saturated rings. The number of benzene rings is 1. The number of imidazole rings is 1. The Bertz CT molecular complexity index is 961. The summed E-state index contributed by atoms with van der Waals surface area (Å²) < 4.78 is 31.9. The number of epoxide rings is 1. The van der Waals surface area contributed by atoms with Crippen molar-refractivity contribution >= 4 is 21.3 Å². The van der Waals surface area contributed by atoms with Crippen LogP contribution in [0, 0.1) is 20.2 Å². The molecule has 0 radical (unpaired) electrons. The predicted octanol–water partition coefficient (Wildman–Crippen LogP) is 1.32. The Morgan fingerprint density at radius 2 is 1.84 bits per heavy atom. The number of ether oxygens (including phenoxy) is 1. The van der Waals surface area contributed by atoms with E-state index < -0.39 is 36.3 Å². The minimum absolute atomic E-state index is 0.0788. The Kier molecular flexibility index (Phi) is 3.80. The number of aromatic nitrogens is 2. The van der Waals surface area contributed by atoms with Gasteiger partial charge in [-0.25, -0.2) is 8.42 Å². The molecule has 1 saturated heterocycles. The smallest absolute Gasteiger partial charge is 0.368 e. The molecule has 2 aromatic rings. The van der Waals surface area contributed by atoms with Gasteiger partial charge in [-0.2, -0.15) is 0 Å². The molecular formula is C13H12N4O7S. The summed E-state index contributed by atoms with van der Waals surface area (Å²) in [6.07, 6.45) is 1.03. The second-order valence-electron chi connectivity index (χ2n) is 5.76. The number of nitrogens with zero attached hydrogens (tertiary/aromatic N) is 4. The summed E-state index contributed by atoms with van der Waals surface area (Å²) in [5.41, 5.74) is -0.874. The molecule has 1 aromatic heterocycles. The number of hydrogen-bond donors (Lipinski definition) is 0. The number of nitro benzene ring substituents is 1. The third-order valence-electron chi connectivity index (χ3n) is 3.65. The SMILES string of the molecule is C[C@@]1(Cn2cc([N+](=O)[O-])nc2S(=O)(=O)c2ccc([N+](=O)[O-])cc2)CO1. The first kappa shape index (κ1) is 17.0. The molecule has 3 rings (SSSR count). The van der Waals surface area contributed by atoms with E-state index in [4.69, 9.17) is 4.74 Å². The first-order valence-electron chi connectivity index (χ1n) is 6.97. The van der Waals surface area contributed by atoms with Gasteiger partial charge in [-0.3, -0.25) is 14.7 Å². The summed E-state index contributed by atoms with van der Waals surface area (Å²) in [5.74, 6) is -0.607. The fraction of sp³-hybridized carbons (Fsp3) is 0.308. The van der Waals surface area contributed by atoms with Gasteiger partial charge >= 0.3 is 11.0 Å². The van der Waals surface area contributed by atoms with Crippen LogP contribution in [0.2, 0.25) is 0 Å². The molecule has 1 aliphatic heterocycles. The molecule has 132 valence electrons. The standard InChI is InChI=1S/C13H12N4O7S/c1-13(8-24-13)7-15-6-11(17(20)21)14-12(15)25(22,23)10-4-2-9(3-5-10)16(18)19/h2-6H,7-8H2,1H3/t13-/m1/s1. The molecule has 0 N–H and O–H groups in total. The average molecular weight is 368 g/mol. The molecule has 0 amide bonds. The maximum absolute atomic E-state index is 12.8. The van der Waals surface area contributed by atoms with Crippen molar-refractivity contribution in [2.45, 2.75) is 29.1 Å². The van der Waals surface area contributed by atoms with Crippen LogP contribution in [0.4, 0.5) is 11.5 Å². The van der Waals surface area contributed by atoms with E-state index >= 15 is 0 Å². The van der Waals surface area contributed by atoms with Crippen LogP contribution in [0.5, 0.6) is 0 Å². The zero-order valence-corrected chi connectivity index (χ0v) is 13.7. The van der Waals surface area contributed by atoms with Gasteiger partial charge in [-0.05, 0) is 29.0 Å². The monoisotopic (exact) mass is 368 g/mol. The summed E-state index contributed by atoms with van der Waals surface area (Å²) >= 11 is 0. The fourth-order valence-electron chi connectivity index (χ4n) is 2.23. The number of sulfone groups is 1. The van der Waals surface area contributed by atoms with Crippen LogP contribution in [0.1, 0.15) is 6.92 Å². The van der Waals surface area contributed by atoms with Crippen molar-refractivity contribution in [3.8, 4) is 0 Å². The summed E-state index contributed by atoms with van der Waals surface area (Å²) in [4.78, 5) is 23.6. The minimum Gasteiger partial charge on any atom is -0.368 e. The first-order chi connectivity index (χ1) is 11.6. The maximum Gasteiger partial charge on any atom is 0.383 e. The van der Waals surface area contributed by atoms with Gasteiger partial charge in [0.2, 0.25) is 0 Å². The van der Waals surface area contributed by atoms with E-state index in [0.717, 1.165) is 35.0 Å². The predicted molar refractivity (Wildman–Crippen MR) is 81.8 cm³/mol. The molecule has 25 heavy (non-hydrogen) atoms. The largest absolute Gasteiger partial charge is 0.383 e. The fourth-order valence-corrected chi connectivity index (χ4v) is 3.57. The van der Waals surface area contributed by atoms with Crippen molar-refractivity contribution in [1.29, 1.82) is 0 Å². The van der Waals surface area contributed by atoms with Crippen LogP contribution < -0.4 is 0 Å². The van der Waals surface area contributed by atoms with Gasteiger partial charge in [0.15, 0.2) is 0 Å². The summed E-state index contributed by atoms with van der Waals surface area (Å²) in [5, 5.41) is 21.1. The second-order valence-corrected chi connectivity index (χ2v) is 7.60. The Morgan fingerprint density at radius 1 is 1.24 bits per heavy atom. The second kappa shape index (κ2) is 5.60. The maximum atomic E-state index is 12.8. The van der Waals surface area contributed by atoms with Gasteiger partial charge in [0.25, 0.3) is 15.5 Å². The van der Waals surface area contributed by atoms with E-state index in [1.54, 1.807) is 6.92 Å². The van der Waals surface area contributed by atoms with Crippen molar-refractivity contribution in [3.63, 3.8) is 0 Å². The van der Waals surface area contributed by atoms with Gasteiger partial charge in [0.1, 0.15) is 11.8 Å². The van der Waals surface area contributed by atoms with Crippen molar-refractivity contribution in [2.24, 2.45) is 0 Å². The van der Waals surface area contributed by atoms with Crippen molar-refractivity contribution in [1.82, 2.24) is 9.55 Å². The molecule has 1 aliphatic rings. The molecule has 0 unspecified atom stereocenters. The van der Waals surface area contributed by atoms with E-state index in [2.05, 4.69) is 4.98 Å². The van der Waals surface area contributed by atoms with Gasteiger partial charge in [0.05, 0.1) is 23.0 Å². The van der Waals surface area contributed by atoms with Crippen LogP contribution in [0.25, 0.3) is 0 Å². The Labute approximate surface area is 141 Å². The van der Waals surface area contributed by atoms with Crippen molar-refractivity contribution < 1.29 is 23.0 Å². The first-order valence-corrected chi connectivity index (χ1v) is 8.46. The number of rotatable bonds is 6. The minimum atomic E-state index is -4.20. The van der Waals surface area contributed by atoms with Crippen molar-refractivity contribution in [3.05, 3.63) is 50.7 Å². The normalized spacial score (nSPS) is 19.6. The Morgan fingerprint density at radius 3 is 2.32 bits per heavy atom. The van der Waals surface area contributed by atoms with Crippen LogP contribution >= 0.6 is 0 Å². The van der Waals surface area contributed by atoms with E-state index in [1.165, 1.54) is 0 Å². The van der Waals surface area contributed by atoms with Gasteiger partial charge in [0, 0.05) is 12.1 Å². The van der Waals surface area contributed by atoms with Crippen LogP contribution in [0.3, 0.4) is 0 Å². The van der Waals surface area contributed by atoms with Crippen LogP contribution in [-0.2, 0) is 21.1 Å². The summed E-state index contributed by atoms with van der Waals surface area (Å²) in [7, 11) is -4.20. The third-order valence-corrected chi connectivity index (χ3v) is 5.35.